The van der Waals surface area contributed by atoms with E-state index >= 15 is 0 Å². The molecule has 0 spiro atoms. The molecular formula is C21H27FN6O. The van der Waals surface area contributed by atoms with E-state index in [-0.39, 0.29) is 5.82 Å². The van der Waals surface area contributed by atoms with Crippen molar-refractivity contribution in [2.45, 2.75) is 6.54 Å². The number of H-pyrrole nitrogens is 1. The Balaban J connectivity index is 1.69. The number of morpholine rings is 1. The summed E-state index contributed by atoms with van der Waals surface area (Å²) in [6.45, 7) is 5.26. The number of anilines is 1. The first-order chi connectivity index (χ1) is 14.1. The molecule has 3 aromatic rings. The number of likely N-dealkylation sites (N-methyl/N-ethyl adjacent to an activating group) is 1. The number of hydrogen-bond acceptors (Lipinski definition) is 6. The van der Waals surface area contributed by atoms with E-state index in [0.29, 0.717) is 25.6 Å². The van der Waals surface area contributed by atoms with Crippen LogP contribution in [0, 0.1) is 5.82 Å². The lowest BCUT2D eigenvalue weighted by Gasteiger charge is -2.28. The highest BCUT2D eigenvalue weighted by atomic mass is 19.1. The maximum Gasteiger partial charge on any atom is 0.145 e. The van der Waals surface area contributed by atoms with Crippen LogP contribution in [0.25, 0.3) is 22.2 Å². The predicted octanol–water partition coefficient (Wildman–Crippen LogP) is 2.25. The second kappa shape index (κ2) is 8.86. The minimum Gasteiger partial charge on any atom is -0.378 e. The number of halogens is 1. The van der Waals surface area contributed by atoms with Gasteiger partial charge in [-0.15, -0.1) is 0 Å². The van der Waals surface area contributed by atoms with Gasteiger partial charge in [-0.3, -0.25) is 0 Å². The smallest absolute Gasteiger partial charge is 0.145 e. The molecule has 1 aliphatic rings. The summed E-state index contributed by atoms with van der Waals surface area (Å²) in [6.07, 6.45) is 1.82. The molecule has 1 fully saturated rings. The third kappa shape index (κ3) is 4.72. The Bertz CT molecular complexity index is 967. The third-order valence-corrected chi connectivity index (χ3v) is 5.02. The summed E-state index contributed by atoms with van der Waals surface area (Å²) < 4.78 is 19.7. The van der Waals surface area contributed by atoms with Crippen LogP contribution in [-0.2, 0) is 11.3 Å². The zero-order chi connectivity index (χ0) is 20.2. The van der Waals surface area contributed by atoms with Crippen LogP contribution < -0.4 is 10.2 Å². The molecule has 2 N–H and O–H groups in total. The molecule has 154 valence electrons. The Morgan fingerprint density at radius 2 is 2.03 bits per heavy atom. The minimum atomic E-state index is -0.285. The first-order valence-electron chi connectivity index (χ1n) is 9.93. The Morgan fingerprint density at radius 3 is 2.83 bits per heavy atom. The number of nitrogens with zero attached hydrogens (tertiary/aromatic N) is 4. The summed E-state index contributed by atoms with van der Waals surface area (Å²) in [6, 6.07) is 6.96. The zero-order valence-electron chi connectivity index (χ0n) is 16.9. The number of benzene rings is 1. The fraction of sp³-hybridized carbons (Fsp3) is 0.429. The maximum absolute atomic E-state index is 14.2. The van der Waals surface area contributed by atoms with Crippen molar-refractivity contribution in [2.75, 3.05) is 58.4 Å². The van der Waals surface area contributed by atoms with Gasteiger partial charge in [-0.25, -0.2) is 14.4 Å². The second-order valence-corrected chi connectivity index (χ2v) is 7.50. The fourth-order valence-corrected chi connectivity index (χ4v) is 3.50. The quantitative estimate of drug-likeness (QED) is 0.595. The first-order valence-corrected chi connectivity index (χ1v) is 9.93. The number of hydrogen-bond donors (Lipinski definition) is 2. The number of aromatic nitrogens is 3. The van der Waals surface area contributed by atoms with E-state index in [2.05, 4.69) is 20.1 Å². The summed E-state index contributed by atoms with van der Waals surface area (Å²) in [5, 5.41) is 4.34. The molecule has 2 aromatic heterocycles. The van der Waals surface area contributed by atoms with Crippen LogP contribution in [0.5, 0.6) is 0 Å². The van der Waals surface area contributed by atoms with E-state index in [1.165, 1.54) is 6.07 Å². The summed E-state index contributed by atoms with van der Waals surface area (Å²) >= 11 is 0. The number of ether oxygens (including phenoxy) is 1. The average molecular weight is 398 g/mol. The minimum absolute atomic E-state index is 0.285. The summed E-state index contributed by atoms with van der Waals surface area (Å²) in [4.78, 5) is 16.9. The normalized spacial score (nSPS) is 14.8. The SMILES string of the molecule is CN(C)CCNCc1nc(-c2cc(F)cc3[nH]ccc23)cc(N2CCOCC2)n1. The van der Waals surface area contributed by atoms with Crippen molar-refractivity contribution in [3.05, 3.63) is 42.1 Å². The van der Waals surface area contributed by atoms with Crippen LogP contribution in [0.2, 0.25) is 0 Å². The molecule has 7 nitrogen and oxygen atoms in total. The molecule has 1 aliphatic heterocycles. The second-order valence-electron chi connectivity index (χ2n) is 7.50. The monoisotopic (exact) mass is 398 g/mol. The van der Waals surface area contributed by atoms with Gasteiger partial charge in [-0.05, 0) is 32.3 Å². The summed E-state index contributed by atoms with van der Waals surface area (Å²) in [7, 11) is 4.09. The van der Waals surface area contributed by atoms with Gasteiger partial charge in [0.05, 0.1) is 25.5 Å². The van der Waals surface area contributed by atoms with Crippen LogP contribution >= 0.6 is 0 Å². The van der Waals surface area contributed by atoms with Crippen molar-refractivity contribution in [1.82, 2.24) is 25.2 Å². The van der Waals surface area contributed by atoms with Crippen molar-refractivity contribution >= 4 is 16.7 Å². The number of rotatable bonds is 7. The molecular weight excluding hydrogens is 371 g/mol. The first kappa shape index (κ1) is 19.8. The summed E-state index contributed by atoms with van der Waals surface area (Å²) in [5.41, 5.74) is 2.26. The van der Waals surface area contributed by atoms with Crippen LogP contribution in [0.4, 0.5) is 10.2 Å². The van der Waals surface area contributed by atoms with Gasteiger partial charge in [0.25, 0.3) is 0 Å². The van der Waals surface area contributed by atoms with Gasteiger partial charge in [0.2, 0.25) is 0 Å². The Kier molecular flexibility index (Phi) is 6.03. The van der Waals surface area contributed by atoms with Gasteiger partial charge in [-0.2, -0.15) is 0 Å². The molecule has 0 aliphatic carbocycles. The van der Waals surface area contributed by atoms with E-state index in [0.717, 1.165) is 54.2 Å². The van der Waals surface area contributed by atoms with Crippen molar-refractivity contribution in [2.24, 2.45) is 0 Å². The topological polar surface area (TPSA) is 69.3 Å². The predicted molar refractivity (Wildman–Crippen MR) is 113 cm³/mol. The Morgan fingerprint density at radius 1 is 1.21 bits per heavy atom. The molecule has 0 radical (unpaired) electrons. The standard InChI is InChI=1S/C21H27FN6O/c1-27(2)6-5-23-14-20-25-19(13-21(26-20)28-7-9-29-10-8-28)17-11-15(22)12-18-16(17)3-4-24-18/h3-4,11-13,23-24H,5-10,14H2,1-2H3. The van der Waals surface area contributed by atoms with Crippen molar-refractivity contribution in [1.29, 1.82) is 0 Å². The van der Waals surface area contributed by atoms with Gasteiger partial charge < -0.3 is 24.8 Å². The largest absolute Gasteiger partial charge is 0.378 e. The lowest BCUT2D eigenvalue weighted by atomic mass is 10.1. The van der Waals surface area contributed by atoms with Crippen molar-refractivity contribution in [3.63, 3.8) is 0 Å². The van der Waals surface area contributed by atoms with Gasteiger partial charge in [0.1, 0.15) is 17.5 Å². The van der Waals surface area contributed by atoms with Crippen LogP contribution in [0.3, 0.4) is 0 Å². The van der Waals surface area contributed by atoms with Crippen molar-refractivity contribution < 1.29 is 9.13 Å². The van der Waals surface area contributed by atoms with Gasteiger partial charge >= 0.3 is 0 Å². The number of fused-ring (bicyclic) bond motifs is 1. The van der Waals surface area contributed by atoms with E-state index < -0.39 is 0 Å². The van der Waals surface area contributed by atoms with E-state index in [9.17, 15) is 4.39 Å². The number of aromatic amines is 1. The lowest BCUT2D eigenvalue weighted by Crippen LogP contribution is -2.37. The Labute approximate surface area is 169 Å². The molecule has 0 atom stereocenters. The lowest BCUT2D eigenvalue weighted by molar-refractivity contribution is 0.122. The maximum atomic E-state index is 14.2. The van der Waals surface area contributed by atoms with E-state index in [4.69, 9.17) is 14.7 Å². The average Bonchev–Trinajstić information content (AvgIpc) is 3.19. The molecule has 1 saturated heterocycles. The van der Waals surface area contributed by atoms with Crippen LogP contribution in [0.15, 0.2) is 30.5 Å². The molecule has 0 bridgehead atoms. The molecule has 3 heterocycles. The Hall–Kier alpha value is -2.55. The zero-order valence-corrected chi connectivity index (χ0v) is 16.9. The van der Waals surface area contributed by atoms with Gasteiger partial charge in [0, 0.05) is 54.9 Å². The molecule has 29 heavy (non-hydrogen) atoms. The highest BCUT2D eigenvalue weighted by Gasteiger charge is 2.17. The van der Waals surface area contributed by atoms with E-state index in [1.807, 2.05) is 32.4 Å². The highest BCUT2D eigenvalue weighted by molar-refractivity contribution is 5.94. The third-order valence-electron chi connectivity index (χ3n) is 5.02. The fourth-order valence-electron chi connectivity index (χ4n) is 3.50. The van der Waals surface area contributed by atoms with Gasteiger partial charge in [-0.1, -0.05) is 0 Å². The van der Waals surface area contributed by atoms with Crippen molar-refractivity contribution in [3.8, 4) is 11.3 Å². The van der Waals surface area contributed by atoms with E-state index in [1.54, 1.807) is 6.07 Å². The number of nitrogens with one attached hydrogen (secondary N) is 2. The molecule has 0 saturated carbocycles. The molecule has 4 rings (SSSR count). The van der Waals surface area contributed by atoms with Crippen LogP contribution in [-0.4, -0.2) is 73.3 Å². The van der Waals surface area contributed by atoms with Crippen LogP contribution in [0.1, 0.15) is 5.82 Å². The molecule has 8 heteroatoms. The molecule has 0 amide bonds. The highest BCUT2D eigenvalue weighted by Crippen LogP contribution is 2.30. The summed E-state index contributed by atoms with van der Waals surface area (Å²) in [5.74, 6) is 1.28. The molecule has 1 aromatic carbocycles. The molecule has 0 unspecified atom stereocenters. The van der Waals surface area contributed by atoms with Gasteiger partial charge in [0.15, 0.2) is 0 Å².